The molecule has 1 unspecified atom stereocenters. The summed E-state index contributed by atoms with van der Waals surface area (Å²) in [6, 6.07) is 5.38. The van der Waals surface area contributed by atoms with Crippen molar-refractivity contribution in [2.75, 3.05) is 0 Å². The number of nitrogens with one attached hydrogen (secondary N) is 3. The number of hydrogen-bond donors (Lipinski definition) is 3. The van der Waals surface area contributed by atoms with Gasteiger partial charge in [-0.15, -0.1) is 11.3 Å². The Morgan fingerprint density at radius 3 is 2.68 bits per heavy atom. The molecule has 0 aliphatic rings. The van der Waals surface area contributed by atoms with E-state index in [2.05, 4.69) is 46.5 Å². The molecular formula is C24H29N7O2S. The first kappa shape index (κ1) is 23.6. The van der Waals surface area contributed by atoms with E-state index in [1.165, 1.54) is 11.3 Å². The second kappa shape index (κ2) is 9.38. The van der Waals surface area contributed by atoms with Crippen LogP contribution in [0.5, 0.6) is 0 Å². The Hall–Kier alpha value is -3.53. The number of hydrogen-bond acceptors (Lipinski definition) is 6. The summed E-state index contributed by atoms with van der Waals surface area (Å²) in [6.45, 7) is 10.7. The fourth-order valence-electron chi connectivity index (χ4n) is 3.30. The van der Waals surface area contributed by atoms with Gasteiger partial charge in [-0.25, -0.2) is 9.97 Å². The van der Waals surface area contributed by atoms with E-state index < -0.39 is 0 Å². The van der Waals surface area contributed by atoms with Crippen LogP contribution in [0.25, 0.3) is 21.7 Å². The molecule has 0 aromatic carbocycles. The number of nitrogens with zero attached hydrogens (tertiary/aromatic N) is 4. The maximum atomic E-state index is 12.9. The lowest BCUT2D eigenvalue weighted by molar-refractivity contribution is 0.0909. The van der Waals surface area contributed by atoms with Crippen LogP contribution in [0.4, 0.5) is 0 Å². The largest absolute Gasteiger partial charge is 0.349 e. The Labute approximate surface area is 202 Å². The molecule has 4 aromatic rings. The van der Waals surface area contributed by atoms with E-state index in [0.717, 1.165) is 4.88 Å². The van der Waals surface area contributed by atoms with Gasteiger partial charge in [0, 0.05) is 30.7 Å². The van der Waals surface area contributed by atoms with Crippen LogP contribution in [0.3, 0.4) is 0 Å². The molecule has 0 radical (unpaired) electrons. The predicted molar refractivity (Wildman–Crippen MR) is 133 cm³/mol. The third-order valence-electron chi connectivity index (χ3n) is 5.75. The second-order valence-corrected chi connectivity index (χ2v) is 10.6. The van der Waals surface area contributed by atoms with Crippen LogP contribution < -0.4 is 10.6 Å². The van der Waals surface area contributed by atoms with Crippen molar-refractivity contribution in [1.29, 1.82) is 0 Å². The lowest BCUT2D eigenvalue weighted by atomic mass is 9.88. The normalized spacial score (nSPS) is 13.6. The van der Waals surface area contributed by atoms with E-state index in [0.29, 0.717) is 33.8 Å². The van der Waals surface area contributed by atoms with E-state index in [-0.39, 0.29) is 29.3 Å². The van der Waals surface area contributed by atoms with Crippen LogP contribution in [0, 0.1) is 5.41 Å². The first-order chi connectivity index (χ1) is 16.1. The Morgan fingerprint density at radius 2 is 1.97 bits per heavy atom. The average Bonchev–Trinajstić information content (AvgIpc) is 3.52. The number of rotatable bonds is 7. The van der Waals surface area contributed by atoms with Gasteiger partial charge in [-0.3, -0.25) is 14.3 Å². The topological polar surface area (TPSA) is 118 Å². The second-order valence-electron chi connectivity index (χ2n) is 9.48. The molecule has 4 rings (SSSR count). The molecule has 2 atom stereocenters. The number of carbonyl (C=O) groups is 2. The molecule has 2 amide bonds. The number of thiophene rings is 1. The summed E-state index contributed by atoms with van der Waals surface area (Å²) in [5.41, 5.74) is 2.03. The van der Waals surface area contributed by atoms with Crippen molar-refractivity contribution < 1.29 is 9.59 Å². The first-order valence-corrected chi connectivity index (χ1v) is 12.0. The van der Waals surface area contributed by atoms with E-state index in [1.807, 2.05) is 32.2 Å². The summed E-state index contributed by atoms with van der Waals surface area (Å²) in [6.07, 6.45) is 6.85. The smallest absolute Gasteiger partial charge is 0.261 e. The van der Waals surface area contributed by atoms with Gasteiger partial charge in [-0.05, 0) is 37.5 Å². The number of aromatic nitrogens is 5. The number of amides is 2. The molecule has 178 valence electrons. The van der Waals surface area contributed by atoms with Crippen LogP contribution in [0.2, 0.25) is 0 Å². The van der Waals surface area contributed by atoms with Crippen molar-refractivity contribution in [1.82, 2.24) is 35.4 Å². The van der Waals surface area contributed by atoms with Gasteiger partial charge in [-0.2, -0.15) is 5.10 Å². The Balaban J connectivity index is 1.50. The lowest BCUT2D eigenvalue weighted by Crippen LogP contribution is -2.41. The molecule has 0 spiro atoms. The summed E-state index contributed by atoms with van der Waals surface area (Å²) in [7, 11) is 0. The van der Waals surface area contributed by atoms with Crippen molar-refractivity contribution in [3.63, 3.8) is 0 Å². The molecular weight excluding hydrogens is 450 g/mol. The third-order valence-corrected chi connectivity index (χ3v) is 6.86. The monoisotopic (exact) mass is 479 g/mol. The van der Waals surface area contributed by atoms with Gasteiger partial charge in [0.2, 0.25) is 0 Å². The van der Waals surface area contributed by atoms with Crippen LogP contribution in [-0.4, -0.2) is 48.6 Å². The van der Waals surface area contributed by atoms with Crippen LogP contribution in [0.15, 0.2) is 43.0 Å². The van der Waals surface area contributed by atoms with Gasteiger partial charge in [0.15, 0.2) is 5.65 Å². The highest BCUT2D eigenvalue weighted by Gasteiger charge is 2.24. The number of H-pyrrole nitrogens is 1. The molecule has 9 nitrogen and oxygen atoms in total. The third kappa shape index (κ3) is 5.17. The minimum Gasteiger partial charge on any atom is -0.349 e. The van der Waals surface area contributed by atoms with E-state index in [9.17, 15) is 9.59 Å². The number of carbonyl (C=O) groups excluding carboxylic acids is 2. The summed E-state index contributed by atoms with van der Waals surface area (Å²) < 4.78 is 1.78. The Morgan fingerprint density at radius 1 is 1.18 bits per heavy atom. The molecule has 0 fully saturated rings. The van der Waals surface area contributed by atoms with Crippen LogP contribution in [0.1, 0.15) is 54.6 Å². The van der Waals surface area contributed by atoms with Gasteiger partial charge in [0.1, 0.15) is 5.52 Å². The Kier molecular flexibility index (Phi) is 6.52. The molecule has 3 N–H and O–H groups in total. The standard InChI is InChI=1S/C24H29N7O2S/c1-14(13-31-10-6-9-27-31)28-23(33)19-8-7-18(34-19)17-12-26-21-20(30-17)16(11-25-21)22(32)29-15(2)24(3,4)5/h6-12,14-15H,13H2,1-5H3,(H,25,26)(H,28,33)(H,29,32)/t14?,15-/m0/s1. The van der Waals surface area contributed by atoms with Gasteiger partial charge in [-0.1, -0.05) is 20.8 Å². The molecule has 0 saturated heterocycles. The minimum absolute atomic E-state index is 0.0184. The van der Waals surface area contributed by atoms with Crippen molar-refractivity contribution in [2.45, 2.75) is 53.2 Å². The van der Waals surface area contributed by atoms with Crippen molar-refractivity contribution in [3.8, 4) is 10.6 Å². The molecule has 0 bridgehead atoms. The average molecular weight is 480 g/mol. The summed E-state index contributed by atoms with van der Waals surface area (Å²) in [4.78, 5) is 39.1. The molecule has 34 heavy (non-hydrogen) atoms. The van der Waals surface area contributed by atoms with Crippen LogP contribution in [-0.2, 0) is 6.54 Å². The zero-order valence-corrected chi connectivity index (χ0v) is 20.7. The SMILES string of the molecule is CC(Cn1cccn1)NC(=O)c1ccc(-c2cnc3[nH]cc(C(=O)N[C@@H](C)C(C)(C)C)c3n2)s1. The summed E-state index contributed by atoms with van der Waals surface area (Å²) in [5.74, 6) is -0.347. The summed E-state index contributed by atoms with van der Waals surface area (Å²) >= 11 is 1.34. The molecule has 10 heteroatoms. The van der Waals surface area contributed by atoms with Crippen molar-refractivity contribution in [2.24, 2.45) is 5.41 Å². The highest BCUT2D eigenvalue weighted by Crippen LogP contribution is 2.28. The maximum Gasteiger partial charge on any atom is 0.261 e. The van der Waals surface area contributed by atoms with Crippen LogP contribution >= 0.6 is 11.3 Å². The molecule has 0 aliphatic carbocycles. The molecule has 4 heterocycles. The zero-order chi connectivity index (χ0) is 24.5. The zero-order valence-electron chi connectivity index (χ0n) is 19.9. The summed E-state index contributed by atoms with van der Waals surface area (Å²) in [5, 5.41) is 10.2. The van der Waals surface area contributed by atoms with Crippen molar-refractivity contribution in [3.05, 3.63) is 53.4 Å². The predicted octanol–water partition coefficient (Wildman–Crippen LogP) is 3.87. The first-order valence-electron chi connectivity index (χ1n) is 11.2. The molecule has 0 saturated carbocycles. The van der Waals surface area contributed by atoms with Crippen molar-refractivity contribution >= 4 is 34.3 Å². The Bertz CT molecular complexity index is 1300. The van der Waals surface area contributed by atoms with Gasteiger partial charge in [0.25, 0.3) is 11.8 Å². The number of fused-ring (bicyclic) bond motifs is 1. The molecule has 0 aliphatic heterocycles. The fraction of sp³-hybridized carbons (Fsp3) is 0.375. The maximum absolute atomic E-state index is 12.9. The van der Waals surface area contributed by atoms with Gasteiger partial charge < -0.3 is 15.6 Å². The van der Waals surface area contributed by atoms with E-state index in [4.69, 9.17) is 4.98 Å². The van der Waals surface area contributed by atoms with Gasteiger partial charge in [0.05, 0.1) is 33.8 Å². The van der Waals surface area contributed by atoms with E-state index >= 15 is 0 Å². The highest BCUT2D eigenvalue weighted by molar-refractivity contribution is 7.17. The highest BCUT2D eigenvalue weighted by atomic mass is 32.1. The number of aromatic amines is 1. The quantitative estimate of drug-likeness (QED) is 0.372. The van der Waals surface area contributed by atoms with E-state index in [1.54, 1.807) is 29.3 Å². The van der Waals surface area contributed by atoms with Gasteiger partial charge >= 0.3 is 0 Å². The molecule has 4 aromatic heterocycles. The minimum atomic E-state index is -0.197. The lowest BCUT2D eigenvalue weighted by Gasteiger charge is -2.27. The fourth-order valence-corrected chi connectivity index (χ4v) is 4.16.